The molecule has 4 nitrogen and oxygen atoms in total. The van der Waals surface area contributed by atoms with Gasteiger partial charge in [0.2, 0.25) is 0 Å². The molecule has 0 aromatic rings. The van der Waals surface area contributed by atoms with Gasteiger partial charge in [0.1, 0.15) is 6.04 Å². The van der Waals surface area contributed by atoms with Crippen LogP contribution in [0.25, 0.3) is 0 Å². The van der Waals surface area contributed by atoms with Crippen molar-refractivity contribution >= 4 is 22.9 Å². The molecule has 0 N–H and O–H groups in total. The first-order valence-electron chi connectivity index (χ1n) is 9.81. The minimum absolute atomic E-state index is 0.145. The summed E-state index contributed by atoms with van der Waals surface area (Å²) in [6.07, 6.45) is 14.4. The summed E-state index contributed by atoms with van der Waals surface area (Å²) in [6, 6.07) is -0.291. The number of ether oxygens (including phenoxy) is 1. The van der Waals surface area contributed by atoms with Gasteiger partial charge in [-0.15, -0.1) is 0 Å². The number of fused-ring (bicyclic) bond motifs is 2. The summed E-state index contributed by atoms with van der Waals surface area (Å²) >= 11 is 5.70. The Hall–Kier alpha value is -0.770. The van der Waals surface area contributed by atoms with Crippen LogP contribution in [0.5, 0.6) is 0 Å². The first-order valence-corrected chi connectivity index (χ1v) is 10.2. The van der Waals surface area contributed by atoms with Crippen LogP contribution < -0.4 is 0 Å². The smallest absolute Gasteiger partial charge is 0.329 e. The standard InChI is InChI=1S/C19H30ClNO3/c20-19(23)21-16-10-9-15(13-16)17(21)18(22)24-12-11-14-7-5-3-1-2-4-6-8-14/h14-17H,1-13H2. The molecule has 0 radical (unpaired) electrons. The number of amides is 1. The Morgan fingerprint density at radius 3 is 2.29 bits per heavy atom. The molecule has 2 aliphatic carbocycles. The van der Waals surface area contributed by atoms with Gasteiger partial charge >= 0.3 is 11.3 Å². The third-order valence-corrected chi connectivity index (χ3v) is 6.47. The van der Waals surface area contributed by atoms with Crippen LogP contribution in [-0.4, -0.2) is 34.9 Å². The van der Waals surface area contributed by atoms with Crippen LogP contribution in [0.1, 0.15) is 77.0 Å². The van der Waals surface area contributed by atoms with Crippen LogP contribution in [0.2, 0.25) is 0 Å². The van der Waals surface area contributed by atoms with E-state index in [1.807, 2.05) is 0 Å². The van der Waals surface area contributed by atoms with Crippen LogP contribution in [0.15, 0.2) is 0 Å². The highest BCUT2D eigenvalue weighted by Gasteiger charge is 2.51. The number of likely N-dealkylation sites (tertiary alicyclic amines) is 1. The number of hydrogen-bond donors (Lipinski definition) is 0. The fraction of sp³-hybridized carbons (Fsp3) is 0.895. The molecule has 1 amide bonds. The molecule has 1 aliphatic heterocycles. The Balaban J connectivity index is 1.45. The van der Waals surface area contributed by atoms with E-state index in [4.69, 9.17) is 16.3 Å². The summed E-state index contributed by atoms with van der Waals surface area (Å²) in [4.78, 5) is 25.7. The van der Waals surface area contributed by atoms with Crippen molar-refractivity contribution in [1.82, 2.24) is 4.90 Å². The second-order valence-corrected chi connectivity index (χ2v) is 8.18. The third kappa shape index (κ3) is 4.25. The van der Waals surface area contributed by atoms with Crippen molar-refractivity contribution in [3.8, 4) is 0 Å². The van der Waals surface area contributed by atoms with Crippen LogP contribution in [-0.2, 0) is 9.53 Å². The van der Waals surface area contributed by atoms with E-state index in [2.05, 4.69) is 0 Å². The van der Waals surface area contributed by atoms with E-state index in [-0.39, 0.29) is 17.9 Å². The lowest BCUT2D eigenvalue weighted by atomic mass is 9.94. The van der Waals surface area contributed by atoms with Crippen molar-refractivity contribution in [1.29, 1.82) is 0 Å². The Morgan fingerprint density at radius 2 is 1.62 bits per heavy atom. The molecule has 136 valence electrons. The highest BCUT2D eigenvalue weighted by molar-refractivity contribution is 6.63. The number of halogens is 1. The Morgan fingerprint density at radius 1 is 0.958 bits per heavy atom. The van der Waals surface area contributed by atoms with Crippen LogP contribution >= 0.6 is 11.6 Å². The maximum atomic E-state index is 12.5. The van der Waals surface area contributed by atoms with Gasteiger partial charge < -0.3 is 9.64 Å². The lowest BCUT2D eigenvalue weighted by molar-refractivity contribution is -0.150. The molecule has 3 aliphatic rings. The highest BCUT2D eigenvalue weighted by atomic mass is 35.5. The zero-order valence-corrected chi connectivity index (χ0v) is 15.3. The van der Waals surface area contributed by atoms with E-state index in [0.29, 0.717) is 12.5 Å². The van der Waals surface area contributed by atoms with Gasteiger partial charge in [0.15, 0.2) is 0 Å². The van der Waals surface area contributed by atoms with Crippen LogP contribution in [0.3, 0.4) is 0 Å². The number of nitrogens with zero attached hydrogens (tertiary/aromatic N) is 1. The maximum Gasteiger partial charge on any atom is 0.329 e. The maximum absolute atomic E-state index is 12.5. The van der Waals surface area contributed by atoms with Crippen LogP contribution in [0.4, 0.5) is 4.79 Å². The molecule has 1 saturated heterocycles. The summed E-state index contributed by atoms with van der Waals surface area (Å²) < 4.78 is 5.57. The van der Waals surface area contributed by atoms with E-state index in [9.17, 15) is 9.59 Å². The van der Waals surface area contributed by atoms with Gasteiger partial charge in [0, 0.05) is 6.04 Å². The average molecular weight is 356 g/mol. The fourth-order valence-electron chi connectivity index (χ4n) is 4.96. The molecule has 24 heavy (non-hydrogen) atoms. The molecular weight excluding hydrogens is 326 g/mol. The Kier molecular flexibility index (Phi) is 6.43. The van der Waals surface area contributed by atoms with Crippen molar-refractivity contribution in [2.75, 3.05) is 6.61 Å². The van der Waals surface area contributed by atoms with Crippen molar-refractivity contribution in [2.24, 2.45) is 11.8 Å². The lowest BCUT2D eigenvalue weighted by Gasteiger charge is -2.31. The van der Waals surface area contributed by atoms with Gasteiger partial charge in [-0.25, -0.2) is 4.79 Å². The predicted octanol–water partition coefficient (Wildman–Crippen LogP) is 4.88. The van der Waals surface area contributed by atoms with Gasteiger partial charge in [-0.05, 0) is 49.1 Å². The summed E-state index contributed by atoms with van der Waals surface area (Å²) in [5.74, 6) is 0.691. The minimum Gasteiger partial charge on any atom is -0.464 e. The van der Waals surface area contributed by atoms with Crippen LogP contribution in [0, 0.1) is 11.8 Å². The van der Waals surface area contributed by atoms with Gasteiger partial charge in [-0.2, -0.15) is 0 Å². The first-order chi connectivity index (χ1) is 11.7. The highest BCUT2D eigenvalue weighted by Crippen LogP contribution is 2.43. The summed E-state index contributed by atoms with van der Waals surface area (Å²) in [7, 11) is 0. The fourth-order valence-corrected chi connectivity index (χ4v) is 5.21. The second kappa shape index (κ2) is 8.55. The molecule has 0 aromatic heterocycles. The molecule has 0 aromatic carbocycles. The quantitative estimate of drug-likeness (QED) is 0.410. The molecule has 3 atom stereocenters. The minimum atomic E-state index is -0.500. The molecule has 1 heterocycles. The van der Waals surface area contributed by atoms with Gasteiger partial charge in [-0.1, -0.05) is 51.4 Å². The van der Waals surface area contributed by atoms with Crippen molar-refractivity contribution in [3.63, 3.8) is 0 Å². The third-order valence-electron chi connectivity index (χ3n) is 6.27. The van der Waals surface area contributed by atoms with E-state index in [1.54, 1.807) is 4.90 Å². The van der Waals surface area contributed by atoms with Crippen molar-refractivity contribution in [3.05, 3.63) is 0 Å². The molecule has 3 fully saturated rings. The molecule has 3 unspecified atom stereocenters. The number of carbonyl (C=O) groups excluding carboxylic acids is 2. The van der Waals surface area contributed by atoms with E-state index in [1.165, 1.54) is 51.4 Å². The number of piperidine rings is 1. The van der Waals surface area contributed by atoms with E-state index in [0.717, 1.165) is 25.7 Å². The molecule has 0 spiro atoms. The van der Waals surface area contributed by atoms with E-state index >= 15 is 0 Å². The SMILES string of the molecule is O=C(OCCC1CCCCCCCC1)C1C2CCC(C2)N1C(=O)Cl. The monoisotopic (exact) mass is 355 g/mol. The average Bonchev–Trinajstić information content (AvgIpc) is 3.19. The second-order valence-electron chi connectivity index (χ2n) is 7.85. The van der Waals surface area contributed by atoms with Gasteiger partial charge in [0.25, 0.3) is 0 Å². The largest absolute Gasteiger partial charge is 0.464 e. The number of rotatable bonds is 4. The van der Waals surface area contributed by atoms with E-state index < -0.39 is 11.4 Å². The summed E-state index contributed by atoms with van der Waals surface area (Å²) in [5, 5.41) is -0.500. The molecular formula is C19H30ClNO3. The number of carbonyl (C=O) groups is 2. The lowest BCUT2D eigenvalue weighted by Crippen LogP contribution is -2.47. The zero-order chi connectivity index (χ0) is 16.9. The summed E-state index contributed by atoms with van der Waals surface area (Å²) in [6.45, 7) is 0.488. The Bertz CT molecular complexity index is 446. The molecule has 2 bridgehead atoms. The van der Waals surface area contributed by atoms with Gasteiger partial charge in [-0.3, -0.25) is 4.79 Å². The molecule has 3 rings (SSSR count). The molecule has 5 heteroatoms. The number of hydrogen-bond acceptors (Lipinski definition) is 3. The topological polar surface area (TPSA) is 46.6 Å². The van der Waals surface area contributed by atoms with Gasteiger partial charge in [0.05, 0.1) is 6.61 Å². The predicted molar refractivity (Wildman–Crippen MR) is 94.0 cm³/mol. The van der Waals surface area contributed by atoms with Crippen molar-refractivity contribution < 1.29 is 14.3 Å². The molecule has 2 saturated carbocycles. The Labute approximate surface area is 150 Å². The van der Waals surface area contributed by atoms with Crippen molar-refractivity contribution in [2.45, 2.75) is 89.1 Å². The zero-order valence-electron chi connectivity index (χ0n) is 14.6. The normalized spacial score (nSPS) is 31.4. The number of esters is 1. The first kappa shape index (κ1) is 18.0. The summed E-state index contributed by atoms with van der Waals surface area (Å²) in [5.41, 5.74) is 0.